The van der Waals surface area contributed by atoms with E-state index in [0.29, 0.717) is 0 Å². The lowest BCUT2D eigenvalue weighted by molar-refractivity contribution is 0.489. The van der Waals surface area contributed by atoms with Crippen molar-refractivity contribution < 1.29 is 4.74 Å². The smallest absolute Gasteiger partial charge is 0.143 e. The molecule has 0 radical (unpaired) electrons. The first-order valence-electron chi connectivity index (χ1n) is 14.3. The molecule has 0 atom stereocenters. The molecule has 0 saturated carbocycles. The highest BCUT2D eigenvalue weighted by Gasteiger charge is 2.37. The quantitative estimate of drug-likeness (QED) is 0.197. The van der Waals surface area contributed by atoms with Crippen molar-refractivity contribution in [1.82, 2.24) is 0 Å². The van der Waals surface area contributed by atoms with Crippen LogP contribution in [0.15, 0.2) is 103 Å². The number of ether oxygens (including phenoxy) is 1. The van der Waals surface area contributed by atoms with Crippen LogP contribution in [0.1, 0.15) is 51.3 Å². The van der Waals surface area contributed by atoms with Crippen LogP contribution in [-0.2, 0) is 10.8 Å². The molecule has 0 aromatic heterocycles. The molecule has 1 heterocycles. The minimum atomic E-state index is -0.0747. The molecule has 40 heavy (non-hydrogen) atoms. The summed E-state index contributed by atoms with van der Waals surface area (Å²) < 4.78 is 6.83. The highest BCUT2D eigenvalue weighted by molar-refractivity contribution is 6.16. The van der Waals surface area contributed by atoms with Gasteiger partial charge in [-0.25, -0.2) is 0 Å². The highest BCUT2D eigenvalue weighted by atomic mass is 16.5. The van der Waals surface area contributed by atoms with Gasteiger partial charge in [0.15, 0.2) is 0 Å². The van der Waals surface area contributed by atoms with Crippen LogP contribution >= 0.6 is 0 Å². The molecule has 6 aromatic rings. The number of rotatable bonds is 1. The summed E-state index contributed by atoms with van der Waals surface area (Å²) in [5.41, 5.74) is 11.7. The SMILES string of the molecule is CC(C)(C)c1ccc2c(c1)C(C)(C)c1cc(-c3cccc4c3Oc3cc5ccccc5c5cccc-4c35)ccc1-2. The predicted octanol–water partition coefficient (Wildman–Crippen LogP) is 11.0. The van der Waals surface area contributed by atoms with E-state index in [1.54, 1.807) is 0 Å². The molecular weight excluding hydrogens is 484 g/mol. The number of benzene rings is 6. The molecule has 0 unspecified atom stereocenters. The Bertz CT molecular complexity index is 2030. The van der Waals surface area contributed by atoms with Gasteiger partial charge in [0.2, 0.25) is 0 Å². The summed E-state index contributed by atoms with van der Waals surface area (Å²) >= 11 is 0. The van der Waals surface area contributed by atoms with Crippen LogP contribution in [0.3, 0.4) is 0 Å². The number of hydrogen-bond donors (Lipinski definition) is 0. The Labute approximate surface area is 236 Å². The molecule has 1 heteroatoms. The summed E-state index contributed by atoms with van der Waals surface area (Å²) in [6.45, 7) is 11.6. The van der Waals surface area contributed by atoms with Crippen molar-refractivity contribution in [2.75, 3.05) is 0 Å². The van der Waals surface area contributed by atoms with Gasteiger partial charge in [-0.2, -0.15) is 0 Å². The van der Waals surface area contributed by atoms with Crippen LogP contribution in [0.5, 0.6) is 11.5 Å². The zero-order valence-electron chi connectivity index (χ0n) is 23.7. The summed E-state index contributed by atoms with van der Waals surface area (Å²) in [4.78, 5) is 0. The summed E-state index contributed by atoms with van der Waals surface area (Å²) in [6, 6.07) is 38.1. The highest BCUT2D eigenvalue weighted by Crippen LogP contribution is 2.54. The van der Waals surface area contributed by atoms with E-state index in [-0.39, 0.29) is 10.8 Å². The minimum absolute atomic E-state index is 0.0747. The van der Waals surface area contributed by atoms with Crippen molar-refractivity contribution in [2.24, 2.45) is 0 Å². The van der Waals surface area contributed by atoms with Crippen LogP contribution < -0.4 is 4.74 Å². The Morgan fingerprint density at radius 1 is 0.575 bits per heavy atom. The molecule has 194 valence electrons. The number of para-hydroxylation sites is 1. The fourth-order valence-electron chi connectivity index (χ4n) is 7.00. The average molecular weight is 517 g/mol. The number of fused-ring (bicyclic) bond motifs is 7. The molecule has 8 rings (SSSR count). The molecule has 0 amide bonds. The third kappa shape index (κ3) is 3.15. The first-order chi connectivity index (χ1) is 19.2. The zero-order valence-corrected chi connectivity index (χ0v) is 23.7. The Morgan fingerprint density at radius 3 is 2.08 bits per heavy atom. The Balaban J connectivity index is 1.31. The fraction of sp³-hybridized carbons (Fsp3) is 0.179. The van der Waals surface area contributed by atoms with Crippen LogP contribution in [0.25, 0.3) is 54.9 Å². The average Bonchev–Trinajstić information content (AvgIpc) is 3.18. The molecule has 0 fully saturated rings. The lowest BCUT2D eigenvalue weighted by Crippen LogP contribution is -2.17. The first kappa shape index (κ1) is 23.5. The topological polar surface area (TPSA) is 9.23 Å². The van der Waals surface area contributed by atoms with Gasteiger partial charge in [-0.15, -0.1) is 0 Å². The molecule has 6 aromatic carbocycles. The van der Waals surface area contributed by atoms with Crippen molar-refractivity contribution in [3.05, 3.63) is 120 Å². The zero-order chi connectivity index (χ0) is 27.4. The van der Waals surface area contributed by atoms with Gasteiger partial charge < -0.3 is 4.74 Å². The molecule has 0 bridgehead atoms. The molecule has 1 aliphatic heterocycles. The summed E-state index contributed by atoms with van der Waals surface area (Å²) in [7, 11) is 0. The second-order valence-corrected chi connectivity index (χ2v) is 13.0. The van der Waals surface area contributed by atoms with Gasteiger partial charge in [0.25, 0.3) is 0 Å². The number of hydrogen-bond acceptors (Lipinski definition) is 1. The van der Waals surface area contributed by atoms with E-state index in [1.165, 1.54) is 60.5 Å². The molecule has 1 nitrogen and oxygen atoms in total. The summed E-state index contributed by atoms with van der Waals surface area (Å²) in [5.74, 6) is 1.88. The van der Waals surface area contributed by atoms with E-state index in [4.69, 9.17) is 4.74 Å². The molecule has 1 aliphatic carbocycles. The van der Waals surface area contributed by atoms with Gasteiger partial charge in [0.1, 0.15) is 11.5 Å². The molecule has 0 N–H and O–H groups in total. The van der Waals surface area contributed by atoms with Crippen LogP contribution in [0, 0.1) is 0 Å². The molecule has 0 spiro atoms. The minimum Gasteiger partial charge on any atom is -0.455 e. The molecular formula is C39H32O. The van der Waals surface area contributed by atoms with Crippen LogP contribution in [-0.4, -0.2) is 0 Å². The second-order valence-electron chi connectivity index (χ2n) is 13.0. The monoisotopic (exact) mass is 516 g/mol. The maximum atomic E-state index is 6.83. The van der Waals surface area contributed by atoms with E-state index >= 15 is 0 Å². The van der Waals surface area contributed by atoms with Gasteiger partial charge in [0.05, 0.1) is 0 Å². The van der Waals surface area contributed by atoms with Crippen molar-refractivity contribution >= 4 is 21.5 Å². The van der Waals surface area contributed by atoms with Crippen molar-refractivity contribution in [2.45, 2.75) is 45.4 Å². The van der Waals surface area contributed by atoms with E-state index in [2.05, 4.69) is 138 Å². The molecule has 0 saturated heterocycles. The van der Waals surface area contributed by atoms with Crippen LogP contribution in [0.2, 0.25) is 0 Å². The van der Waals surface area contributed by atoms with E-state index in [9.17, 15) is 0 Å². The first-order valence-corrected chi connectivity index (χ1v) is 14.3. The Kier molecular flexibility index (Phi) is 4.62. The third-order valence-electron chi connectivity index (χ3n) is 9.22. The molecule has 2 aliphatic rings. The standard InChI is InChI=1S/C39H32O/c1-38(2,3)25-17-19-29-28-18-16-24(20-33(28)39(4,5)34(29)22-25)27-12-8-15-32-31-14-9-13-30-26-11-7-6-10-23(26)21-35(36(30)31)40-37(27)32/h6-22H,1-5H3. The predicted molar refractivity (Wildman–Crippen MR) is 169 cm³/mol. The summed E-state index contributed by atoms with van der Waals surface area (Å²) in [6.07, 6.45) is 0. The maximum absolute atomic E-state index is 6.83. The maximum Gasteiger partial charge on any atom is 0.143 e. The lowest BCUT2D eigenvalue weighted by Gasteiger charge is -2.26. The van der Waals surface area contributed by atoms with Crippen molar-refractivity contribution in [1.29, 1.82) is 0 Å². The third-order valence-corrected chi connectivity index (χ3v) is 9.22. The van der Waals surface area contributed by atoms with E-state index in [0.717, 1.165) is 22.6 Å². The van der Waals surface area contributed by atoms with Gasteiger partial charge in [-0.3, -0.25) is 0 Å². The van der Waals surface area contributed by atoms with Gasteiger partial charge >= 0.3 is 0 Å². The summed E-state index contributed by atoms with van der Waals surface area (Å²) in [5, 5.41) is 4.91. The Hall–Kier alpha value is -4.36. The van der Waals surface area contributed by atoms with Crippen LogP contribution in [0.4, 0.5) is 0 Å². The van der Waals surface area contributed by atoms with Crippen molar-refractivity contribution in [3.8, 4) is 44.9 Å². The van der Waals surface area contributed by atoms with Gasteiger partial charge in [-0.05, 0) is 72.7 Å². The normalized spacial score (nSPS) is 14.5. The van der Waals surface area contributed by atoms with E-state index < -0.39 is 0 Å². The van der Waals surface area contributed by atoms with Gasteiger partial charge in [-0.1, -0.05) is 126 Å². The second kappa shape index (κ2) is 7.86. The van der Waals surface area contributed by atoms with Gasteiger partial charge in [0, 0.05) is 21.9 Å². The fourth-order valence-corrected chi connectivity index (χ4v) is 7.00. The largest absolute Gasteiger partial charge is 0.455 e. The lowest BCUT2D eigenvalue weighted by atomic mass is 9.78. The van der Waals surface area contributed by atoms with Crippen molar-refractivity contribution in [3.63, 3.8) is 0 Å². The Morgan fingerprint density at radius 2 is 1.25 bits per heavy atom. The van der Waals surface area contributed by atoms with E-state index in [1.807, 2.05) is 0 Å².